The minimum absolute atomic E-state index is 0.0746. The molecule has 0 spiro atoms. The smallest absolute Gasteiger partial charge is 0.330 e. The summed E-state index contributed by atoms with van der Waals surface area (Å²) < 4.78 is 38.3. The molecule has 3 aromatic carbocycles. The highest BCUT2D eigenvalue weighted by atomic mass is 32.9. The Morgan fingerprint density at radius 3 is 2.13 bits per heavy atom. The predicted octanol–water partition coefficient (Wildman–Crippen LogP) is 5.53. The Kier molecular flexibility index (Phi) is 9.86. The van der Waals surface area contributed by atoms with Crippen LogP contribution in [-0.2, 0) is 35.9 Å². The van der Waals surface area contributed by atoms with Crippen LogP contribution in [0, 0.1) is 6.92 Å². The van der Waals surface area contributed by atoms with E-state index in [9.17, 15) is 9.59 Å². The minimum Gasteiger partial charge on any atom is -0.497 e. The number of nitrogens with one attached hydrogen (secondary N) is 1. The van der Waals surface area contributed by atoms with Crippen molar-refractivity contribution in [2.45, 2.75) is 37.4 Å². The van der Waals surface area contributed by atoms with Crippen molar-refractivity contribution in [1.29, 1.82) is 0 Å². The van der Waals surface area contributed by atoms with Gasteiger partial charge in [0.1, 0.15) is 29.4 Å². The summed E-state index contributed by atoms with van der Waals surface area (Å²) in [5, 5.41) is 0. The normalized spacial score (nSPS) is 23.0. The van der Waals surface area contributed by atoms with E-state index in [0.29, 0.717) is 30.1 Å². The molecule has 1 unspecified atom stereocenters. The van der Waals surface area contributed by atoms with Crippen molar-refractivity contribution in [3.8, 4) is 11.5 Å². The number of hydrogen-bond acceptors (Lipinski definition) is 10. The molecule has 0 bridgehead atoms. The molecule has 46 heavy (non-hydrogen) atoms. The second-order valence-corrected chi connectivity index (χ2v) is 17.3. The van der Waals surface area contributed by atoms with E-state index in [1.165, 1.54) is 22.1 Å². The van der Waals surface area contributed by atoms with E-state index in [-0.39, 0.29) is 6.61 Å². The van der Waals surface area contributed by atoms with Crippen LogP contribution < -0.4 is 20.7 Å². The van der Waals surface area contributed by atoms with Gasteiger partial charge in [-0.1, -0.05) is 66.0 Å². The van der Waals surface area contributed by atoms with Crippen molar-refractivity contribution in [3.05, 3.63) is 128 Å². The molecule has 1 aromatic heterocycles. The third kappa shape index (κ3) is 6.61. The van der Waals surface area contributed by atoms with Crippen LogP contribution in [0.5, 0.6) is 11.5 Å². The van der Waals surface area contributed by atoms with Gasteiger partial charge in [0.2, 0.25) is 5.69 Å². The van der Waals surface area contributed by atoms with Crippen molar-refractivity contribution >= 4 is 28.9 Å². The summed E-state index contributed by atoms with van der Waals surface area (Å²) in [6.07, 6.45) is -0.0716. The lowest BCUT2D eigenvalue weighted by Crippen LogP contribution is -2.38. The van der Waals surface area contributed by atoms with Crippen LogP contribution in [-0.4, -0.2) is 54.9 Å². The number of nitrogens with zero attached hydrogens (tertiary/aromatic N) is 1. The van der Waals surface area contributed by atoms with Crippen LogP contribution >= 0.6 is 17.1 Å². The van der Waals surface area contributed by atoms with Gasteiger partial charge in [-0.15, -0.1) is 0 Å². The van der Waals surface area contributed by atoms with Crippen LogP contribution in [0.2, 0.25) is 0 Å². The van der Waals surface area contributed by atoms with E-state index < -0.39 is 41.0 Å². The molecule has 10 nitrogen and oxygen atoms in total. The molecule has 242 valence electrons. The van der Waals surface area contributed by atoms with E-state index >= 15 is 0 Å². The minimum atomic E-state index is -2.62. The van der Waals surface area contributed by atoms with E-state index in [2.05, 4.69) is 4.98 Å². The molecule has 0 aliphatic carbocycles. The largest absolute Gasteiger partial charge is 0.497 e. The molecule has 6 rings (SSSR count). The molecule has 2 aliphatic heterocycles. The van der Waals surface area contributed by atoms with E-state index in [4.69, 9.17) is 39.8 Å². The second kappa shape index (κ2) is 13.9. The summed E-state index contributed by atoms with van der Waals surface area (Å²) in [6, 6.07) is 25.5. The summed E-state index contributed by atoms with van der Waals surface area (Å²) in [4.78, 5) is 27.3. The molecular formula is C33H35N2O8PS2. The Hall–Kier alpha value is -3.22. The van der Waals surface area contributed by atoms with Gasteiger partial charge in [0.25, 0.3) is 5.56 Å². The molecule has 2 aliphatic rings. The maximum absolute atomic E-state index is 12.9. The predicted molar refractivity (Wildman–Crippen MR) is 180 cm³/mol. The first-order chi connectivity index (χ1) is 22.2. The average Bonchev–Trinajstić information content (AvgIpc) is 3.69. The SMILES string of the molecule is COc1ccc(C(OC[C@H]2O[C@@H](n3cc(C)c(=O)[nH]c3=O)C[C@@H]2OP2(=S)OCCS2)(c2ccccc2)c2ccc(OC)cc2)cc1. The Balaban J connectivity index is 1.42. The van der Waals surface area contributed by atoms with Crippen LogP contribution in [0.15, 0.2) is 94.6 Å². The van der Waals surface area contributed by atoms with Gasteiger partial charge < -0.3 is 28.0 Å². The molecule has 3 heterocycles. The first-order valence-corrected chi connectivity index (χ1v) is 19.0. The van der Waals surface area contributed by atoms with Gasteiger partial charge in [0.05, 0.1) is 33.5 Å². The van der Waals surface area contributed by atoms with Gasteiger partial charge in [0, 0.05) is 23.9 Å². The third-order valence-electron chi connectivity index (χ3n) is 8.12. The topological polar surface area (TPSA) is 110 Å². The van der Waals surface area contributed by atoms with Gasteiger partial charge in [0.15, 0.2) is 0 Å². The van der Waals surface area contributed by atoms with E-state index in [1.807, 2.05) is 78.9 Å². The fourth-order valence-electron chi connectivity index (χ4n) is 5.78. The van der Waals surface area contributed by atoms with Gasteiger partial charge in [-0.2, -0.15) is 0 Å². The number of aromatic amines is 1. The number of ether oxygens (including phenoxy) is 4. The van der Waals surface area contributed by atoms with Crippen LogP contribution in [0.1, 0.15) is 34.9 Å². The summed E-state index contributed by atoms with van der Waals surface area (Å²) in [5.41, 5.74) is -1.69. The fraction of sp³-hybridized carbons (Fsp3) is 0.333. The van der Waals surface area contributed by atoms with Crippen molar-refractivity contribution in [1.82, 2.24) is 9.55 Å². The van der Waals surface area contributed by atoms with Gasteiger partial charge >= 0.3 is 5.69 Å². The van der Waals surface area contributed by atoms with Crippen molar-refractivity contribution in [2.75, 3.05) is 33.2 Å². The number of hydrogen-bond donors (Lipinski definition) is 1. The number of aryl methyl sites for hydroxylation is 1. The number of aromatic nitrogens is 2. The first kappa shape index (κ1) is 32.7. The average molecular weight is 683 g/mol. The molecule has 0 saturated carbocycles. The Bertz CT molecular complexity index is 1760. The molecule has 0 amide bonds. The van der Waals surface area contributed by atoms with Gasteiger partial charge in [-0.05, 0) is 59.7 Å². The van der Waals surface area contributed by atoms with E-state index in [0.717, 1.165) is 22.4 Å². The fourth-order valence-corrected chi connectivity index (χ4v) is 10.4. The molecule has 13 heteroatoms. The van der Waals surface area contributed by atoms with Gasteiger partial charge in [-0.3, -0.25) is 14.3 Å². The Morgan fingerprint density at radius 2 is 1.57 bits per heavy atom. The third-order valence-corrected chi connectivity index (χ3v) is 13.4. The monoisotopic (exact) mass is 682 g/mol. The molecule has 4 atom stereocenters. The van der Waals surface area contributed by atoms with Crippen LogP contribution in [0.3, 0.4) is 0 Å². The second-order valence-electron chi connectivity index (χ2n) is 10.9. The number of rotatable bonds is 11. The molecule has 2 saturated heterocycles. The van der Waals surface area contributed by atoms with Crippen molar-refractivity contribution < 1.29 is 28.0 Å². The van der Waals surface area contributed by atoms with Crippen molar-refractivity contribution in [3.63, 3.8) is 0 Å². The van der Waals surface area contributed by atoms with Crippen LogP contribution in [0.25, 0.3) is 0 Å². The summed E-state index contributed by atoms with van der Waals surface area (Å²) in [5.74, 6) is 2.18. The Labute approximate surface area is 275 Å². The molecule has 0 radical (unpaired) electrons. The quantitative estimate of drug-likeness (QED) is 0.160. The lowest BCUT2D eigenvalue weighted by atomic mass is 9.80. The zero-order valence-electron chi connectivity index (χ0n) is 25.6. The van der Waals surface area contributed by atoms with E-state index in [1.54, 1.807) is 21.1 Å². The molecule has 4 aromatic rings. The Morgan fingerprint density at radius 1 is 0.957 bits per heavy atom. The number of methoxy groups -OCH3 is 2. The van der Waals surface area contributed by atoms with Crippen molar-refractivity contribution in [2.24, 2.45) is 0 Å². The maximum atomic E-state index is 12.9. The number of H-pyrrole nitrogens is 1. The highest BCUT2D eigenvalue weighted by Crippen LogP contribution is 2.66. The molecule has 2 fully saturated rings. The molecular weight excluding hydrogens is 647 g/mol. The summed E-state index contributed by atoms with van der Waals surface area (Å²) in [6.45, 7) is 2.24. The highest BCUT2D eigenvalue weighted by molar-refractivity contribution is 8.68. The summed E-state index contributed by atoms with van der Waals surface area (Å²) >= 11 is 7.31. The summed E-state index contributed by atoms with van der Waals surface area (Å²) in [7, 11) is 3.26. The molecule has 1 N–H and O–H groups in total. The number of benzene rings is 3. The lowest BCUT2D eigenvalue weighted by Gasteiger charge is -2.37. The van der Waals surface area contributed by atoms with Gasteiger partial charge in [-0.25, -0.2) is 4.79 Å². The zero-order valence-corrected chi connectivity index (χ0v) is 28.1. The van der Waals surface area contributed by atoms with Crippen LogP contribution in [0.4, 0.5) is 0 Å². The maximum Gasteiger partial charge on any atom is 0.330 e. The lowest BCUT2D eigenvalue weighted by molar-refractivity contribution is -0.0914. The zero-order chi connectivity index (χ0) is 32.3. The highest BCUT2D eigenvalue weighted by Gasteiger charge is 2.45. The standard InChI is InChI=1S/C33H35N2O8PS2/c1-22-20-35(32(37)34-31(22)36)30-19-28(43-44(45)41-17-18-46-44)29(42-30)21-40-33(23-7-5-4-6-8-23,24-9-13-26(38-2)14-10-24)25-11-15-27(39-3)16-12-25/h4-16,20,28-30H,17-19,21H2,1-3H3,(H,34,36,37)/t28-,29+,30+,44?/m0/s1. The first-order valence-electron chi connectivity index (χ1n) is 14.8.